The molecule has 4 aromatic rings. The van der Waals surface area contributed by atoms with E-state index in [0.29, 0.717) is 5.69 Å². The first kappa shape index (κ1) is 28.8. The lowest BCUT2D eigenvalue weighted by molar-refractivity contribution is -0.119. The number of carbonyl (C=O) groups is 1. The molecule has 1 aromatic heterocycles. The van der Waals surface area contributed by atoms with Crippen LogP contribution in [0, 0.1) is 48.5 Å². The molecule has 4 rings (SSSR count). The van der Waals surface area contributed by atoms with Gasteiger partial charge in [0.15, 0.2) is 0 Å². The molecule has 3 aromatic carbocycles. The van der Waals surface area contributed by atoms with E-state index in [4.69, 9.17) is 0 Å². The number of anilines is 1. The Morgan fingerprint density at radius 1 is 0.875 bits per heavy atom. The lowest BCUT2D eigenvalue weighted by Crippen LogP contribution is -2.40. The zero-order chi connectivity index (χ0) is 29.2. The Morgan fingerprint density at radius 2 is 1.48 bits per heavy atom. The van der Waals surface area contributed by atoms with Gasteiger partial charge >= 0.3 is 0 Å². The van der Waals surface area contributed by atoms with Crippen molar-refractivity contribution in [3.63, 3.8) is 0 Å². The first-order valence-electron chi connectivity index (χ1n) is 13.1. The highest BCUT2D eigenvalue weighted by molar-refractivity contribution is 7.92. The van der Waals surface area contributed by atoms with E-state index in [1.54, 1.807) is 42.6 Å². The fourth-order valence-corrected chi connectivity index (χ4v) is 6.38. The Hall–Kier alpha value is -4.17. The van der Waals surface area contributed by atoms with Crippen molar-refractivity contribution < 1.29 is 13.2 Å². The normalized spacial score (nSPS) is 11.7. The molecule has 0 spiro atoms. The third kappa shape index (κ3) is 5.72. The van der Waals surface area contributed by atoms with Crippen LogP contribution in [-0.4, -0.2) is 31.7 Å². The molecule has 8 heteroatoms. The molecule has 0 saturated carbocycles. The minimum Gasteiger partial charge on any atom is -0.317 e. The number of benzene rings is 3. The number of nitrogens with one attached hydrogen (secondary N) is 1. The molecular weight excluding hydrogens is 520 g/mol. The van der Waals surface area contributed by atoms with Gasteiger partial charge < -0.3 is 4.57 Å². The molecule has 40 heavy (non-hydrogen) atoms. The zero-order valence-corrected chi connectivity index (χ0v) is 24.9. The van der Waals surface area contributed by atoms with E-state index >= 15 is 0 Å². The smallest absolute Gasteiger partial charge is 0.264 e. The molecule has 0 atom stereocenters. The van der Waals surface area contributed by atoms with Gasteiger partial charge in [0, 0.05) is 17.0 Å². The van der Waals surface area contributed by atoms with Crippen molar-refractivity contribution in [2.75, 3.05) is 10.8 Å². The minimum absolute atomic E-state index is 0.120. The number of hydrogen-bond acceptors (Lipinski definition) is 4. The van der Waals surface area contributed by atoms with Crippen molar-refractivity contribution in [1.29, 1.82) is 0 Å². The Kier molecular flexibility index (Phi) is 8.30. The number of hydrogen-bond donors (Lipinski definition) is 1. The van der Waals surface area contributed by atoms with Crippen molar-refractivity contribution in [3.05, 3.63) is 111 Å². The van der Waals surface area contributed by atoms with Gasteiger partial charge in [-0.25, -0.2) is 13.8 Å². The standard InChI is InChI=1S/C32H36N4O3S/c1-21-14-16-29(17-15-21)40(38,39)35(30-13-9-10-22(2)26(30)6)20-31(37)34-33-19-28-18-25(5)36(27(28)7)32-23(3)11-8-12-24(32)4/h8-19H,20H2,1-7H3,(H,34,37)/b33-19-. The van der Waals surface area contributed by atoms with Crippen molar-refractivity contribution in [2.45, 2.75) is 53.4 Å². The van der Waals surface area contributed by atoms with Crippen molar-refractivity contribution in [2.24, 2.45) is 5.10 Å². The van der Waals surface area contributed by atoms with Crippen molar-refractivity contribution >= 4 is 27.8 Å². The summed E-state index contributed by atoms with van der Waals surface area (Å²) in [5.41, 5.74) is 12.0. The number of rotatable bonds is 8. The monoisotopic (exact) mass is 556 g/mol. The molecule has 1 heterocycles. The maximum absolute atomic E-state index is 13.7. The quantitative estimate of drug-likeness (QED) is 0.214. The van der Waals surface area contributed by atoms with Gasteiger partial charge in [-0.2, -0.15) is 5.10 Å². The Balaban J connectivity index is 1.60. The van der Waals surface area contributed by atoms with Crippen LogP contribution in [0.2, 0.25) is 0 Å². The fraction of sp³-hybridized carbons (Fsp3) is 0.250. The van der Waals surface area contributed by atoms with Crippen molar-refractivity contribution in [1.82, 2.24) is 9.99 Å². The molecule has 7 nitrogen and oxygen atoms in total. The lowest BCUT2D eigenvalue weighted by atomic mass is 10.1. The summed E-state index contributed by atoms with van der Waals surface area (Å²) in [5.74, 6) is -0.545. The maximum Gasteiger partial charge on any atom is 0.264 e. The van der Waals surface area contributed by atoms with Crippen LogP contribution in [-0.2, 0) is 14.8 Å². The highest BCUT2D eigenvalue weighted by Gasteiger charge is 2.28. The van der Waals surface area contributed by atoms with E-state index in [9.17, 15) is 13.2 Å². The third-order valence-corrected chi connectivity index (χ3v) is 9.04. The Labute approximate surface area is 237 Å². The molecule has 0 radical (unpaired) electrons. The predicted octanol–water partition coefficient (Wildman–Crippen LogP) is 5.98. The van der Waals surface area contributed by atoms with Crippen LogP contribution in [0.1, 0.15) is 44.8 Å². The average molecular weight is 557 g/mol. The second kappa shape index (κ2) is 11.5. The van der Waals surface area contributed by atoms with Gasteiger partial charge in [0.05, 0.1) is 22.5 Å². The first-order chi connectivity index (χ1) is 18.9. The van der Waals surface area contributed by atoms with Gasteiger partial charge in [0.25, 0.3) is 15.9 Å². The SMILES string of the molecule is Cc1ccc(S(=O)(=O)N(CC(=O)N/N=C\c2cc(C)n(-c3c(C)cccc3C)c2C)c2cccc(C)c2C)cc1. The summed E-state index contributed by atoms with van der Waals surface area (Å²) in [7, 11) is -4.01. The summed E-state index contributed by atoms with van der Waals surface area (Å²) in [6.07, 6.45) is 1.60. The number of nitrogens with zero attached hydrogens (tertiary/aromatic N) is 3. The number of hydrazone groups is 1. The molecule has 0 aliphatic heterocycles. The molecule has 0 aliphatic carbocycles. The second-order valence-corrected chi connectivity index (χ2v) is 12.1. The van der Waals surface area contributed by atoms with E-state index in [2.05, 4.69) is 41.1 Å². The van der Waals surface area contributed by atoms with Crippen molar-refractivity contribution in [3.8, 4) is 5.69 Å². The largest absolute Gasteiger partial charge is 0.317 e. The van der Waals surface area contributed by atoms with Crippen LogP contribution in [0.5, 0.6) is 0 Å². The molecular formula is C32H36N4O3S. The number of para-hydroxylation sites is 1. The highest BCUT2D eigenvalue weighted by Crippen LogP contribution is 2.29. The number of amides is 1. The number of aryl methyl sites for hydroxylation is 5. The maximum atomic E-state index is 13.7. The summed E-state index contributed by atoms with van der Waals surface area (Å²) in [4.78, 5) is 13.2. The zero-order valence-electron chi connectivity index (χ0n) is 24.1. The highest BCUT2D eigenvalue weighted by atomic mass is 32.2. The van der Waals surface area contributed by atoms with Gasteiger partial charge in [-0.05, 0) is 95.0 Å². The minimum atomic E-state index is -4.01. The summed E-state index contributed by atoms with van der Waals surface area (Å²) >= 11 is 0. The van der Waals surface area contributed by atoms with Gasteiger partial charge in [-0.1, -0.05) is 48.0 Å². The van der Waals surface area contributed by atoms with Crippen LogP contribution in [0.3, 0.4) is 0 Å². The summed E-state index contributed by atoms with van der Waals surface area (Å²) < 4.78 is 30.8. The van der Waals surface area contributed by atoms with E-state index in [1.165, 1.54) is 11.1 Å². The Morgan fingerprint density at radius 3 is 2.12 bits per heavy atom. The molecule has 0 fully saturated rings. The molecule has 0 unspecified atom stereocenters. The summed E-state index contributed by atoms with van der Waals surface area (Å²) in [6.45, 7) is 13.5. The first-order valence-corrected chi connectivity index (χ1v) is 14.6. The molecule has 0 aliphatic rings. The molecule has 1 N–H and O–H groups in total. The molecule has 1 amide bonds. The van der Waals surface area contributed by atoms with Crippen LogP contribution in [0.25, 0.3) is 5.69 Å². The fourth-order valence-electron chi connectivity index (χ4n) is 4.90. The van der Waals surface area contributed by atoms with Crippen LogP contribution in [0.4, 0.5) is 5.69 Å². The van der Waals surface area contributed by atoms with Gasteiger partial charge in [0.2, 0.25) is 0 Å². The third-order valence-electron chi connectivity index (χ3n) is 7.27. The molecule has 0 saturated heterocycles. The van der Waals surface area contributed by atoms with Crippen LogP contribution < -0.4 is 9.73 Å². The average Bonchev–Trinajstić information content (AvgIpc) is 3.17. The lowest BCUT2D eigenvalue weighted by Gasteiger charge is -2.26. The topological polar surface area (TPSA) is 83.8 Å². The second-order valence-electron chi connectivity index (χ2n) is 10.2. The molecule has 208 valence electrons. The van der Waals surface area contributed by atoms with E-state index in [-0.39, 0.29) is 4.90 Å². The van der Waals surface area contributed by atoms with Crippen LogP contribution in [0.15, 0.2) is 76.7 Å². The van der Waals surface area contributed by atoms with E-state index < -0.39 is 22.5 Å². The van der Waals surface area contributed by atoms with Gasteiger partial charge in [-0.15, -0.1) is 0 Å². The number of sulfonamides is 1. The summed E-state index contributed by atoms with van der Waals surface area (Å²) in [6, 6.07) is 20.3. The summed E-state index contributed by atoms with van der Waals surface area (Å²) in [5, 5.41) is 4.19. The van der Waals surface area contributed by atoms with E-state index in [1.807, 2.05) is 52.8 Å². The molecule has 0 bridgehead atoms. The number of aromatic nitrogens is 1. The predicted molar refractivity (Wildman–Crippen MR) is 162 cm³/mol. The van der Waals surface area contributed by atoms with E-state index in [0.717, 1.165) is 43.6 Å². The van der Waals surface area contributed by atoms with Gasteiger partial charge in [0.1, 0.15) is 6.54 Å². The van der Waals surface area contributed by atoms with Crippen LogP contribution >= 0.6 is 0 Å². The Bertz CT molecular complexity index is 1680. The number of carbonyl (C=O) groups excluding carboxylic acids is 1. The van der Waals surface area contributed by atoms with Gasteiger partial charge in [-0.3, -0.25) is 9.10 Å².